The van der Waals surface area contributed by atoms with Gasteiger partial charge in [-0.3, -0.25) is 9.59 Å². The van der Waals surface area contributed by atoms with Crippen LogP contribution >= 0.6 is 0 Å². The summed E-state index contributed by atoms with van der Waals surface area (Å²) in [7, 11) is 0. The Morgan fingerprint density at radius 2 is 1.93 bits per heavy atom. The maximum atomic E-state index is 11.8. The predicted octanol–water partition coefficient (Wildman–Crippen LogP) is 1.99. The van der Waals surface area contributed by atoms with Crippen LogP contribution in [0.15, 0.2) is 12.2 Å². The average molecular weight is 192 g/mol. The smallest absolute Gasteiger partial charge is 0.202 e. The van der Waals surface area contributed by atoms with E-state index in [1.807, 2.05) is 0 Å². The lowest BCUT2D eigenvalue weighted by molar-refractivity contribution is -0.140. The van der Waals surface area contributed by atoms with Crippen LogP contribution in [0, 0.1) is 23.7 Å². The fourth-order valence-corrected chi connectivity index (χ4v) is 2.86. The molecule has 1 saturated carbocycles. The van der Waals surface area contributed by atoms with Crippen LogP contribution in [0.5, 0.6) is 0 Å². The molecule has 0 amide bonds. The van der Waals surface area contributed by atoms with E-state index in [4.69, 9.17) is 0 Å². The zero-order valence-electron chi connectivity index (χ0n) is 8.69. The Kier molecular flexibility index (Phi) is 2.30. The molecule has 0 saturated heterocycles. The van der Waals surface area contributed by atoms with Crippen molar-refractivity contribution in [2.45, 2.75) is 26.7 Å². The largest absolute Gasteiger partial charge is 0.291 e. The molecule has 2 bridgehead atoms. The standard InChI is InChI=1S/C12H16O2/c1-3-10(13)12(14)11-7(2)8-4-5-9(11)6-8/h4-5,7-9,11H,3,6H2,1-2H3. The fraction of sp³-hybridized carbons (Fsp3) is 0.667. The minimum atomic E-state index is -0.192. The third kappa shape index (κ3) is 1.24. The van der Waals surface area contributed by atoms with Gasteiger partial charge in [0.1, 0.15) is 0 Å². The summed E-state index contributed by atoms with van der Waals surface area (Å²) < 4.78 is 0. The number of Topliss-reactive ketones (excluding diaryl/α,β-unsaturated/α-hetero) is 2. The molecule has 0 spiro atoms. The number of rotatable bonds is 3. The van der Waals surface area contributed by atoms with Gasteiger partial charge in [-0.2, -0.15) is 0 Å². The van der Waals surface area contributed by atoms with E-state index in [-0.39, 0.29) is 17.5 Å². The second-order valence-corrected chi connectivity index (χ2v) is 4.47. The molecule has 2 nitrogen and oxygen atoms in total. The van der Waals surface area contributed by atoms with Crippen LogP contribution in [0.1, 0.15) is 26.7 Å². The van der Waals surface area contributed by atoms with Crippen molar-refractivity contribution in [3.05, 3.63) is 12.2 Å². The molecule has 2 heteroatoms. The minimum Gasteiger partial charge on any atom is -0.291 e. The van der Waals surface area contributed by atoms with Crippen LogP contribution in [0.2, 0.25) is 0 Å². The molecule has 76 valence electrons. The third-order valence-corrected chi connectivity index (χ3v) is 3.75. The third-order valence-electron chi connectivity index (χ3n) is 3.75. The molecule has 4 unspecified atom stereocenters. The van der Waals surface area contributed by atoms with Gasteiger partial charge in [-0.25, -0.2) is 0 Å². The zero-order chi connectivity index (χ0) is 10.3. The van der Waals surface area contributed by atoms with Gasteiger partial charge in [0.15, 0.2) is 5.78 Å². The Morgan fingerprint density at radius 1 is 1.29 bits per heavy atom. The van der Waals surface area contributed by atoms with Crippen molar-refractivity contribution >= 4 is 11.6 Å². The molecular weight excluding hydrogens is 176 g/mol. The lowest BCUT2D eigenvalue weighted by Gasteiger charge is -2.22. The molecule has 0 radical (unpaired) electrons. The monoisotopic (exact) mass is 192 g/mol. The summed E-state index contributed by atoms with van der Waals surface area (Å²) >= 11 is 0. The van der Waals surface area contributed by atoms with Gasteiger partial charge in [-0.15, -0.1) is 0 Å². The highest BCUT2D eigenvalue weighted by molar-refractivity contribution is 6.38. The number of ketones is 2. The molecule has 2 aliphatic carbocycles. The van der Waals surface area contributed by atoms with Gasteiger partial charge in [-0.05, 0) is 24.2 Å². The zero-order valence-corrected chi connectivity index (χ0v) is 8.69. The molecule has 0 aliphatic heterocycles. The number of carbonyl (C=O) groups is 2. The SMILES string of the molecule is CCC(=O)C(=O)C1C2C=CC(C2)C1C. The Bertz CT molecular complexity index is 303. The number of hydrogen-bond acceptors (Lipinski definition) is 2. The van der Waals surface area contributed by atoms with Crippen LogP contribution in [-0.2, 0) is 9.59 Å². The highest BCUT2D eigenvalue weighted by atomic mass is 16.2. The van der Waals surface area contributed by atoms with E-state index in [0.717, 1.165) is 6.42 Å². The van der Waals surface area contributed by atoms with E-state index in [1.165, 1.54) is 0 Å². The van der Waals surface area contributed by atoms with Crippen molar-refractivity contribution in [3.63, 3.8) is 0 Å². The molecule has 1 fully saturated rings. The van der Waals surface area contributed by atoms with Crippen molar-refractivity contribution in [1.29, 1.82) is 0 Å². The topological polar surface area (TPSA) is 34.1 Å². The Hall–Kier alpha value is -0.920. The lowest BCUT2D eigenvalue weighted by atomic mass is 9.80. The number of carbonyl (C=O) groups excluding carboxylic acids is 2. The van der Waals surface area contributed by atoms with E-state index in [1.54, 1.807) is 6.92 Å². The summed E-state index contributed by atoms with van der Waals surface area (Å²) in [5.41, 5.74) is 0. The summed E-state index contributed by atoms with van der Waals surface area (Å²) in [6.45, 7) is 3.85. The Labute approximate surface area is 84.4 Å². The van der Waals surface area contributed by atoms with Crippen molar-refractivity contribution in [2.24, 2.45) is 23.7 Å². The number of fused-ring (bicyclic) bond motifs is 2. The molecule has 2 aliphatic rings. The lowest BCUT2D eigenvalue weighted by Crippen LogP contribution is -2.31. The molecule has 0 aromatic carbocycles. The maximum absolute atomic E-state index is 11.8. The summed E-state index contributed by atoms with van der Waals surface area (Å²) in [6.07, 6.45) is 5.75. The molecule has 0 aromatic rings. The van der Waals surface area contributed by atoms with Gasteiger partial charge in [-0.1, -0.05) is 26.0 Å². The van der Waals surface area contributed by atoms with Gasteiger partial charge in [0.2, 0.25) is 5.78 Å². The summed E-state index contributed by atoms with van der Waals surface area (Å²) in [5.74, 6) is 0.918. The molecule has 2 rings (SSSR count). The highest BCUT2D eigenvalue weighted by Crippen LogP contribution is 2.48. The van der Waals surface area contributed by atoms with Gasteiger partial charge in [0.05, 0.1) is 0 Å². The first-order chi connectivity index (χ1) is 6.65. The molecule has 0 heterocycles. The van der Waals surface area contributed by atoms with Crippen molar-refractivity contribution in [2.75, 3.05) is 0 Å². The fourth-order valence-electron chi connectivity index (χ4n) is 2.86. The minimum absolute atomic E-state index is 0.0163. The van der Waals surface area contributed by atoms with Crippen LogP contribution in [-0.4, -0.2) is 11.6 Å². The van der Waals surface area contributed by atoms with Crippen molar-refractivity contribution in [1.82, 2.24) is 0 Å². The predicted molar refractivity (Wildman–Crippen MR) is 53.7 cm³/mol. The number of allylic oxidation sites excluding steroid dienone is 2. The normalized spacial score (nSPS) is 39.0. The van der Waals surface area contributed by atoms with Gasteiger partial charge in [0, 0.05) is 12.3 Å². The van der Waals surface area contributed by atoms with Crippen molar-refractivity contribution in [3.8, 4) is 0 Å². The van der Waals surface area contributed by atoms with Gasteiger partial charge in [0.25, 0.3) is 0 Å². The van der Waals surface area contributed by atoms with Crippen molar-refractivity contribution < 1.29 is 9.59 Å². The first-order valence-corrected chi connectivity index (χ1v) is 5.40. The molecular formula is C12H16O2. The van der Waals surface area contributed by atoms with E-state index in [0.29, 0.717) is 24.2 Å². The second-order valence-electron chi connectivity index (χ2n) is 4.47. The van der Waals surface area contributed by atoms with E-state index >= 15 is 0 Å². The van der Waals surface area contributed by atoms with E-state index < -0.39 is 0 Å². The Balaban J connectivity index is 2.16. The molecule has 0 aromatic heterocycles. The average Bonchev–Trinajstić information content (AvgIpc) is 2.75. The molecule has 4 atom stereocenters. The highest BCUT2D eigenvalue weighted by Gasteiger charge is 2.46. The van der Waals surface area contributed by atoms with Crippen LogP contribution in [0.25, 0.3) is 0 Å². The van der Waals surface area contributed by atoms with Gasteiger partial charge < -0.3 is 0 Å². The number of hydrogen-bond donors (Lipinski definition) is 0. The van der Waals surface area contributed by atoms with Crippen LogP contribution in [0.3, 0.4) is 0 Å². The van der Waals surface area contributed by atoms with E-state index in [2.05, 4.69) is 19.1 Å². The van der Waals surface area contributed by atoms with E-state index in [9.17, 15) is 9.59 Å². The maximum Gasteiger partial charge on any atom is 0.202 e. The summed E-state index contributed by atoms with van der Waals surface area (Å²) in [5, 5.41) is 0. The Morgan fingerprint density at radius 3 is 2.43 bits per heavy atom. The summed E-state index contributed by atoms with van der Waals surface area (Å²) in [6, 6.07) is 0. The quantitative estimate of drug-likeness (QED) is 0.506. The molecule has 0 N–H and O–H groups in total. The van der Waals surface area contributed by atoms with Crippen LogP contribution < -0.4 is 0 Å². The molecule has 14 heavy (non-hydrogen) atoms. The van der Waals surface area contributed by atoms with Crippen LogP contribution in [0.4, 0.5) is 0 Å². The first kappa shape index (κ1) is 9.63. The van der Waals surface area contributed by atoms with Gasteiger partial charge >= 0.3 is 0 Å². The first-order valence-electron chi connectivity index (χ1n) is 5.40. The summed E-state index contributed by atoms with van der Waals surface area (Å²) in [4.78, 5) is 23.1. The second kappa shape index (κ2) is 3.34.